The van der Waals surface area contributed by atoms with Gasteiger partial charge in [0.05, 0.1) is 0 Å². The van der Waals surface area contributed by atoms with E-state index in [1.54, 1.807) is 0 Å². The number of hydrogen-bond donors (Lipinski definition) is 0. The number of nitrogens with zero attached hydrogens (tertiary/aromatic N) is 2. The third-order valence-electron chi connectivity index (χ3n) is 0.745. The Bertz CT molecular complexity index is 249. The van der Waals surface area contributed by atoms with E-state index in [0.717, 1.165) is 0 Å². The highest BCUT2D eigenvalue weighted by Crippen LogP contribution is 1.97. The van der Waals surface area contributed by atoms with E-state index in [0.29, 0.717) is 0 Å². The molecule has 0 bridgehead atoms. The van der Waals surface area contributed by atoms with Gasteiger partial charge in [0.2, 0.25) is 0 Å². The largest absolute Gasteiger partial charge is 0.369 e. The van der Waals surface area contributed by atoms with Crippen LogP contribution in [0.15, 0.2) is 18.3 Å². The van der Waals surface area contributed by atoms with Crippen LogP contribution in [0.3, 0.4) is 0 Å². The lowest BCUT2D eigenvalue weighted by atomic mass is 10.6. The molecule has 0 saturated carbocycles. The van der Waals surface area contributed by atoms with E-state index < -0.39 is 7.68 Å². The molecule has 4 nitrogen and oxygen atoms in total. The zero-order valence-corrected chi connectivity index (χ0v) is 5.28. The summed E-state index contributed by atoms with van der Waals surface area (Å²) in [6.07, 6.45) is 1.42. The molecule has 0 saturated heterocycles. The van der Waals surface area contributed by atoms with Gasteiger partial charge in [0, 0.05) is 6.20 Å². The minimum absolute atomic E-state index is 0.00694. The second-order valence-electron chi connectivity index (χ2n) is 1.34. The van der Waals surface area contributed by atoms with Crippen molar-refractivity contribution in [2.45, 2.75) is 0 Å². The summed E-state index contributed by atoms with van der Waals surface area (Å²) >= 11 is 0. The third-order valence-corrected chi connectivity index (χ3v) is 1.36. The summed E-state index contributed by atoms with van der Waals surface area (Å²) in [6, 6.07) is 2.91. The second kappa shape index (κ2) is 2.51. The Kier molecular flexibility index (Phi) is 1.70. The van der Waals surface area contributed by atoms with Crippen LogP contribution in [0.2, 0.25) is 0 Å². The fourth-order valence-electron chi connectivity index (χ4n) is 0.391. The van der Waals surface area contributed by atoms with Crippen LogP contribution in [0.5, 0.6) is 0 Å². The predicted octanol–water partition coefficient (Wildman–Crippen LogP) is 0.275. The average Bonchev–Trinajstić information content (AvgIpc) is 1.90. The van der Waals surface area contributed by atoms with Crippen molar-refractivity contribution in [3.8, 4) is 0 Å². The monoisotopic (exact) mass is 142 g/mol. The van der Waals surface area contributed by atoms with E-state index in [9.17, 15) is 9.13 Å². The van der Waals surface area contributed by atoms with E-state index in [2.05, 4.69) is 10.2 Å². The van der Waals surface area contributed by atoms with E-state index in [4.69, 9.17) is 0 Å². The van der Waals surface area contributed by atoms with Gasteiger partial charge in [0.25, 0.3) is 0 Å². The Labute approximate surface area is 51.7 Å². The molecule has 0 amide bonds. The fraction of sp³-hybridized carbons (Fsp3) is 0. The van der Waals surface area contributed by atoms with Gasteiger partial charge in [-0.3, -0.25) is 0 Å². The van der Waals surface area contributed by atoms with Crippen molar-refractivity contribution in [1.29, 1.82) is 0 Å². The molecule has 0 aromatic carbocycles. The number of hydrogen-bond acceptors (Lipinski definition) is 4. The molecular formula is C4H3N2O2P. The predicted molar refractivity (Wildman–Crippen MR) is 30.0 cm³/mol. The molecule has 5 heteroatoms. The van der Waals surface area contributed by atoms with Gasteiger partial charge < -0.3 is 0 Å². The van der Waals surface area contributed by atoms with E-state index in [1.807, 2.05) is 0 Å². The summed E-state index contributed by atoms with van der Waals surface area (Å²) < 4.78 is 20.3. The molecule has 0 radical (unpaired) electrons. The lowest BCUT2D eigenvalue weighted by molar-refractivity contribution is 0.522. The van der Waals surface area contributed by atoms with Crippen LogP contribution in [-0.4, -0.2) is 10.2 Å². The Morgan fingerprint density at radius 1 is 1.44 bits per heavy atom. The van der Waals surface area contributed by atoms with Crippen LogP contribution < -0.4 is 5.44 Å². The van der Waals surface area contributed by atoms with Crippen LogP contribution >= 0.6 is 7.68 Å². The minimum atomic E-state index is -2.57. The first-order chi connectivity index (χ1) is 4.30. The van der Waals surface area contributed by atoms with Gasteiger partial charge >= 0.3 is 7.68 Å². The summed E-state index contributed by atoms with van der Waals surface area (Å²) in [5.74, 6) is 0. The van der Waals surface area contributed by atoms with Crippen molar-refractivity contribution >= 4 is 13.1 Å². The summed E-state index contributed by atoms with van der Waals surface area (Å²) in [5, 5.41) is 6.70. The molecule has 0 atom stereocenters. The van der Waals surface area contributed by atoms with E-state index in [-0.39, 0.29) is 5.44 Å². The van der Waals surface area contributed by atoms with Crippen molar-refractivity contribution in [1.82, 2.24) is 10.2 Å². The Balaban J connectivity index is 3.13. The molecule has 0 N–H and O–H groups in total. The molecular weight excluding hydrogens is 139 g/mol. The van der Waals surface area contributed by atoms with Crippen LogP contribution in [0.4, 0.5) is 0 Å². The molecule has 0 aliphatic carbocycles. The Hall–Kier alpha value is -1.02. The average molecular weight is 142 g/mol. The smallest absolute Gasteiger partial charge is 0.230 e. The van der Waals surface area contributed by atoms with Gasteiger partial charge in [0.15, 0.2) is 5.44 Å². The molecule has 9 heavy (non-hydrogen) atoms. The van der Waals surface area contributed by atoms with E-state index >= 15 is 0 Å². The molecule has 0 unspecified atom stereocenters. The third kappa shape index (κ3) is 1.44. The normalized spacial score (nSPS) is 8.89. The van der Waals surface area contributed by atoms with Crippen molar-refractivity contribution in [3.63, 3.8) is 0 Å². The van der Waals surface area contributed by atoms with Crippen LogP contribution in [0, 0.1) is 0 Å². The lowest BCUT2D eigenvalue weighted by Crippen LogP contribution is -1.99. The summed E-state index contributed by atoms with van der Waals surface area (Å²) in [5.41, 5.74) is 0.00694. The molecule has 0 spiro atoms. The van der Waals surface area contributed by atoms with Gasteiger partial charge in [-0.1, -0.05) is 0 Å². The van der Waals surface area contributed by atoms with Gasteiger partial charge in [-0.25, -0.2) is 9.13 Å². The molecule has 0 fully saturated rings. The van der Waals surface area contributed by atoms with Gasteiger partial charge in [-0.2, -0.15) is 5.10 Å². The number of rotatable bonds is 1. The molecule has 0 aliphatic rings. The van der Waals surface area contributed by atoms with Gasteiger partial charge in [0.1, 0.15) is 0 Å². The molecule has 1 aromatic rings. The highest BCUT2D eigenvalue weighted by Gasteiger charge is 1.95. The van der Waals surface area contributed by atoms with Gasteiger partial charge in [-0.15, -0.1) is 5.10 Å². The van der Waals surface area contributed by atoms with Crippen LogP contribution in [-0.2, 0) is 9.13 Å². The topological polar surface area (TPSA) is 59.9 Å². The first kappa shape index (κ1) is 6.11. The zero-order valence-electron chi connectivity index (χ0n) is 4.39. The van der Waals surface area contributed by atoms with Crippen molar-refractivity contribution in [2.24, 2.45) is 0 Å². The van der Waals surface area contributed by atoms with Crippen molar-refractivity contribution in [2.75, 3.05) is 0 Å². The molecule has 1 rings (SSSR count). The summed E-state index contributed by atoms with van der Waals surface area (Å²) in [7, 11) is -2.57. The van der Waals surface area contributed by atoms with Crippen molar-refractivity contribution in [3.05, 3.63) is 18.3 Å². The minimum Gasteiger partial charge on any atom is -0.230 e. The maximum absolute atomic E-state index is 10.1. The molecule has 0 aliphatic heterocycles. The van der Waals surface area contributed by atoms with Crippen LogP contribution in [0.25, 0.3) is 0 Å². The lowest BCUT2D eigenvalue weighted by Gasteiger charge is -1.79. The second-order valence-corrected chi connectivity index (χ2v) is 2.31. The SMILES string of the molecule is O=P(=O)c1cccnn1. The first-order valence-corrected chi connectivity index (χ1v) is 3.40. The first-order valence-electron chi connectivity index (χ1n) is 2.23. The Morgan fingerprint density at radius 3 is 2.56 bits per heavy atom. The number of aromatic nitrogens is 2. The fourth-order valence-corrected chi connectivity index (χ4v) is 0.723. The standard InChI is InChI=1S/C4H3N2O2P/c7-9(8)4-2-1-3-5-6-4/h1-3H. The van der Waals surface area contributed by atoms with Gasteiger partial charge in [-0.05, 0) is 12.1 Å². The summed E-state index contributed by atoms with van der Waals surface area (Å²) in [6.45, 7) is 0. The van der Waals surface area contributed by atoms with Crippen LogP contribution in [0.1, 0.15) is 0 Å². The molecule has 1 heterocycles. The Morgan fingerprint density at radius 2 is 2.22 bits per heavy atom. The highest BCUT2D eigenvalue weighted by atomic mass is 31.1. The highest BCUT2D eigenvalue weighted by molar-refractivity contribution is 7.40. The maximum Gasteiger partial charge on any atom is 0.369 e. The van der Waals surface area contributed by atoms with E-state index in [1.165, 1.54) is 18.3 Å². The quantitative estimate of drug-likeness (QED) is 0.528. The zero-order chi connectivity index (χ0) is 6.69. The summed E-state index contributed by atoms with van der Waals surface area (Å²) in [4.78, 5) is 0. The molecule has 1 aromatic heterocycles. The molecule has 46 valence electrons. The van der Waals surface area contributed by atoms with Crippen molar-refractivity contribution < 1.29 is 9.13 Å². The maximum atomic E-state index is 10.1.